The third kappa shape index (κ3) is 3.10. The quantitative estimate of drug-likeness (QED) is 0.690. The number of nitrogens with one attached hydrogen (secondary N) is 1. The number of urea groups is 1. The molecule has 2 aliphatic heterocycles. The second-order valence-electron chi connectivity index (χ2n) is 7.55. The molecule has 2 amide bonds. The normalized spacial score (nSPS) is 23.9. The molecule has 5 rings (SSSR count). The number of anilines is 1. The van der Waals surface area contributed by atoms with E-state index in [1.165, 1.54) is 11.3 Å². The zero-order valence-electron chi connectivity index (χ0n) is 15.5. The number of amides is 2. The van der Waals surface area contributed by atoms with Crippen LogP contribution in [0.15, 0.2) is 24.4 Å². The van der Waals surface area contributed by atoms with Crippen LogP contribution in [0, 0.1) is 6.92 Å². The first kappa shape index (κ1) is 17.4. The molecule has 0 saturated carbocycles. The van der Waals surface area contributed by atoms with Crippen LogP contribution in [0.2, 0.25) is 0 Å². The summed E-state index contributed by atoms with van der Waals surface area (Å²) in [4.78, 5) is 23.6. The number of hydrogen-bond acceptors (Lipinski definition) is 7. The van der Waals surface area contributed by atoms with Crippen LogP contribution in [-0.4, -0.2) is 49.2 Å². The number of aromatic nitrogens is 4. The molecule has 0 spiro atoms. The minimum atomic E-state index is -0.130. The fraction of sp³-hybridized carbons (Fsp3) is 0.421. The Hall–Kier alpha value is -2.65. The number of rotatable bonds is 2. The molecule has 2 bridgehead atoms. The summed E-state index contributed by atoms with van der Waals surface area (Å²) in [6, 6.07) is 6.41. The van der Waals surface area contributed by atoms with Gasteiger partial charge in [-0.15, -0.1) is 10.2 Å². The highest BCUT2D eigenvalue weighted by atomic mass is 32.1. The lowest BCUT2D eigenvalue weighted by molar-refractivity contribution is 0.150. The van der Waals surface area contributed by atoms with Gasteiger partial charge in [0.2, 0.25) is 5.95 Å². The Bertz CT molecular complexity index is 1040. The molecule has 2 saturated heterocycles. The molecule has 2 aliphatic rings. The summed E-state index contributed by atoms with van der Waals surface area (Å²) < 4.78 is 0. The molecule has 1 aromatic carbocycles. The molecule has 2 aromatic heterocycles. The van der Waals surface area contributed by atoms with E-state index < -0.39 is 0 Å². The molecule has 0 radical (unpaired) electrons. The van der Waals surface area contributed by atoms with Crippen LogP contribution in [0.5, 0.6) is 0 Å². The first-order chi connectivity index (χ1) is 13.6. The largest absolute Gasteiger partial charge is 0.328 e. The van der Waals surface area contributed by atoms with E-state index >= 15 is 0 Å². The van der Waals surface area contributed by atoms with E-state index in [9.17, 15) is 4.79 Å². The van der Waals surface area contributed by atoms with Crippen molar-refractivity contribution in [2.75, 3.05) is 5.32 Å². The van der Waals surface area contributed by atoms with Crippen molar-refractivity contribution < 1.29 is 4.79 Å². The Balaban J connectivity index is 1.39. The van der Waals surface area contributed by atoms with Gasteiger partial charge in [-0.2, -0.15) is 0 Å². The lowest BCUT2D eigenvalue weighted by Gasteiger charge is -2.37. The molecule has 3 N–H and O–H groups in total. The van der Waals surface area contributed by atoms with Gasteiger partial charge in [-0.1, -0.05) is 23.5 Å². The third-order valence-electron chi connectivity index (χ3n) is 5.58. The highest BCUT2D eigenvalue weighted by molar-refractivity contribution is 7.14. The zero-order valence-corrected chi connectivity index (χ0v) is 16.3. The van der Waals surface area contributed by atoms with E-state index in [-0.39, 0.29) is 24.2 Å². The number of nitrogens with zero attached hydrogens (tertiary/aromatic N) is 5. The average molecular weight is 395 g/mol. The Labute approximate surface area is 166 Å². The average Bonchev–Trinajstić information content (AvgIpc) is 3.22. The van der Waals surface area contributed by atoms with Crippen LogP contribution >= 0.6 is 11.3 Å². The van der Waals surface area contributed by atoms with Crippen LogP contribution in [0.1, 0.15) is 30.7 Å². The number of piperidine rings is 1. The van der Waals surface area contributed by atoms with Gasteiger partial charge in [0.15, 0.2) is 0 Å². The predicted molar refractivity (Wildman–Crippen MR) is 108 cm³/mol. The Morgan fingerprint density at radius 3 is 2.75 bits per heavy atom. The van der Waals surface area contributed by atoms with Gasteiger partial charge in [-0.05, 0) is 38.7 Å². The fourth-order valence-electron chi connectivity index (χ4n) is 4.34. The maximum atomic E-state index is 12.8. The molecule has 9 heteroatoms. The Morgan fingerprint density at radius 1 is 1.25 bits per heavy atom. The summed E-state index contributed by atoms with van der Waals surface area (Å²) in [6.07, 6.45) is 5.51. The van der Waals surface area contributed by atoms with E-state index in [1.807, 2.05) is 30.0 Å². The first-order valence-corrected chi connectivity index (χ1v) is 10.3. The van der Waals surface area contributed by atoms with Crippen molar-refractivity contribution in [3.05, 3.63) is 29.4 Å². The smallest absolute Gasteiger partial charge is 0.324 e. The van der Waals surface area contributed by atoms with Gasteiger partial charge in [0.1, 0.15) is 10.0 Å². The number of carbonyl (C=O) groups is 1. The summed E-state index contributed by atoms with van der Waals surface area (Å²) >= 11 is 1.54. The number of benzene rings is 1. The summed E-state index contributed by atoms with van der Waals surface area (Å²) in [5, 5.41) is 13.8. The monoisotopic (exact) mass is 395 g/mol. The minimum absolute atomic E-state index is 0.130. The summed E-state index contributed by atoms with van der Waals surface area (Å²) in [5.74, 6) is 0.317. The van der Waals surface area contributed by atoms with E-state index in [1.54, 1.807) is 6.20 Å². The number of nitrogens with two attached hydrogens (primary N) is 1. The van der Waals surface area contributed by atoms with E-state index in [0.717, 1.165) is 52.2 Å². The van der Waals surface area contributed by atoms with Crippen LogP contribution < -0.4 is 11.1 Å². The molecule has 4 heterocycles. The standard InChI is InChI=1S/C19H21N7OS/c1-10-24-25-17(28-10)11-2-3-12-9-21-18(22-16(12)6-11)23-19(27)26-14-4-5-15(26)8-13(20)7-14/h2-3,6,9,13-15H,4-5,7-8,20H2,1H3,(H,21,22,23,27)/t13?,14-,15+. The van der Waals surface area contributed by atoms with Crippen molar-refractivity contribution in [1.82, 2.24) is 25.1 Å². The number of aryl methyl sites for hydroxylation is 1. The molecule has 0 aliphatic carbocycles. The number of fused-ring (bicyclic) bond motifs is 3. The van der Waals surface area contributed by atoms with Crippen molar-refractivity contribution in [3.63, 3.8) is 0 Å². The van der Waals surface area contributed by atoms with Gasteiger partial charge in [0, 0.05) is 35.3 Å². The topological polar surface area (TPSA) is 110 Å². The SMILES string of the molecule is Cc1nnc(-c2ccc3cnc(NC(=O)N4[C@@H]5CC[C@H]4CC(N)C5)nc3c2)s1. The molecular weight excluding hydrogens is 374 g/mol. The second kappa shape index (κ2) is 6.75. The highest BCUT2D eigenvalue weighted by Crippen LogP contribution is 2.35. The van der Waals surface area contributed by atoms with Crippen LogP contribution in [0.25, 0.3) is 21.5 Å². The van der Waals surface area contributed by atoms with Crippen molar-refractivity contribution in [1.29, 1.82) is 0 Å². The highest BCUT2D eigenvalue weighted by Gasteiger charge is 2.42. The number of hydrogen-bond donors (Lipinski definition) is 2. The maximum absolute atomic E-state index is 12.8. The van der Waals surface area contributed by atoms with E-state index in [2.05, 4.69) is 25.5 Å². The van der Waals surface area contributed by atoms with Crippen molar-refractivity contribution in [3.8, 4) is 10.6 Å². The molecule has 1 unspecified atom stereocenters. The molecule has 8 nitrogen and oxygen atoms in total. The zero-order chi connectivity index (χ0) is 19.3. The lowest BCUT2D eigenvalue weighted by Crippen LogP contribution is -2.51. The predicted octanol–water partition coefficient (Wildman–Crippen LogP) is 2.94. The van der Waals surface area contributed by atoms with Gasteiger partial charge >= 0.3 is 6.03 Å². The van der Waals surface area contributed by atoms with Crippen LogP contribution in [-0.2, 0) is 0 Å². The third-order valence-corrected chi connectivity index (χ3v) is 6.47. The van der Waals surface area contributed by atoms with Gasteiger partial charge < -0.3 is 10.6 Å². The summed E-state index contributed by atoms with van der Waals surface area (Å²) in [6.45, 7) is 1.93. The van der Waals surface area contributed by atoms with E-state index in [4.69, 9.17) is 5.73 Å². The Kier molecular flexibility index (Phi) is 4.21. The minimum Gasteiger partial charge on any atom is -0.328 e. The molecule has 28 heavy (non-hydrogen) atoms. The van der Waals surface area contributed by atoms with Crippen molar-refractivity contribution in [2.24, 2.45) is 5.73 Å². The second-order valence-corrected chi connectivity index (χ2v) is 8.73. The van der Waals surface area contributed by atoms with E-state index in [0.29, 0.717) is 5.95 Å². The molecule has 3 aromatic rings. The summed E-state index contributed by atoms with van der Waals surface area (Å²) in [5.41, 5.74) is 7.82. The van der Waals surface area contributed by atoms with Crippen LogP contribution in [0.4, 0.5) is 10.7 Å². The van der Waals surface area contributed by atoms with Crippen LogP contribution in [0.3, 0.4) is 0 Å². The van der Waals surface area contributed by atoms with Gasteiger partial charge in [0.05, 0.1) is 5.52 Å². The van der Waals surface area contributed by atoms with Gasteiger partial charge in [-0.3, -0.25) is 5.32 Å². The molecule has 3 atom stereocenters. The van der Waals surface area contributed by atoms with Gasteiger partial charge in [0.25, 0.3) is 0 Å². The number of carbonyl (C=O) groups excluding carboxylic acids is 1. The van der Waals surface area contributed by atoms with Crippen molar-refractivity contribution >= 4 is 34.2 Å². The molecule has 144 valence electrons. The lowest BCUT2D eigenvalue weighted by atomic mass is 9.99. The first-order valence-electron chi connectivity index (χ1n) is 9.49. The molecular formula is C19H21N7OS. The maximum Gasteiger partial charge on any atom is 0.324 e. The fourth-order valence-corrected chi connectivity index (χ4v) is 5.03. The van der Waals surface area contributed by atoms with Gasteiger partial charge in [-0.25, -0.2) is 14.8 Å². The Morgan fingerprint density at radius 2 is 2.04 bits per heavy atom. The van der Waals surface area contributed by atoms with Crippen molar-refractivity contribution in [2.45, 2.75) is 50.7 Å². The molecule has 2 fully saturated rings. The summed E-state index contributed by atoms with van der Waals surface area (Å²) in [7, 11) is 0.